The molecule has 0 radical (unpaired) electrons. The largest absolute Gasteiger partial charge is 0.271 e. The average Bonchev–Trinajstić information content (AvgIpc) is 3.04. The Kier molecular flexibility index (Phi) is 6.18. The van der Waals surface area contributed by atoms with Gasteiger partial charge in [-0.15, -0.1) is 0 Å². The number of amides is 1. The van der Waals surface area contributed by atoms with Crippen molar-refractivity contribution in [3.8, 4) is 0 Å². The van der Waals surface area contributed by atoms with E-state index in [1.807, 2.05) is 73.7 Å². The fraction of sp³-hybridized carbons (Fsp3) is 0.167. The van der Waals surface area contributed by atoms with E-state index >= 15 is 0 Å². The highest BCUT2D eigenvalue weighted by Crippen LogP contribution is 2.37. The molecule has 1 fully saturated rings. The fourth-order valence-electron chi connectivity index (χ4n) is 3.63. The number of carbonyl (C=O) groups excluding carboxylic acids is 1. The molecule has 1 aliphatic rings. The number of nitrogens with zero attached hydrogens (tertiary/aromatic N) is 3. The number of rotatable bonds is 5. The Morgan fingerprint density at radius 2 is 1.67 bits per heavy atom. The van der Waals surface area contributed by atoms with Gasteiger partial charge in [0.15, 0.2) is 0 Å². The van der Waals surface area contributed by atoms with E-state index in [2.05, 4.69) is 4.90 Å². The molecule has 4 nitrogen and oxygen atoms in total. The van der Waals surface area contributed by atoms with Crippen molar-refractivity contribution >= 4 is 34.8 Å². The van der Waals surface area contributed by atoms with Crippen LogP contribution in [0.2, 0.25) is 10.0 Å². The first-order valence-corrected chi connectivity index (χ1v) is 10.4. The monoisotopic (exact) mass is 437 g/mol. The van der Waals surface area contributed by atoms with Crippen molar-refractivity contribution in [2.45, 2.75) is 19.6 Å². The minimum Gasteiger partial charge on any atom is -0.271 e. The third kappa shape index (κ3) is 4.41. The van der Waals surface area contributed by atoms with Crippen molar-refractivity contribution < 1.29 is 4.79 Å². The number of hydrogen-bond acceptors (Lipinski definition) is 3. The van der Waals surface area contributed by atoms with E-state index in [4.69, 9.17) is 28.3 Å². The Balaban J connectivity index is 1.74. The van der Waals surface area contributed by atoms with Gasteiger partial charge in [0, 0.05) is 22.2 Å². The van der Waals surface area contributed by atoms with E-state index in [-0.39, 0.29) is 12.5 Å². The maximum absolute atomic E-state index is 13.0. The Morgan fingerprint density at radius 1 is 1.00 bits per heavy atom. The summed E-state index contributed by atoms with van der Waals surface area (Å²) in [7, 11) is 0. The molecule has 1 atom stereocenters. The average molecular weight is 438 g/mol. The van der Waals surface area contributed by atoms with Crippen LogP contribution in [0.1, 0.15) is 29.8 Å². The van der Waals surface area contributed by atoms with E-state index in [1.165, 1.54) is 0 Å². The van der Waals surface area contributed by atoms with E-state index in [1.54, 1.807) is 17.1 Å². The second kappa shape index (κ2) is 9.00. The molecule has 30 heavy (non-hydrogen) atoms. The molecule has 0 aromatic heterocycles. The van der Waals surface area contributed by atoms with Crippen LogP contribution in [0, 0.1) is 0 Å². The summed E-state index contributed by atoms with van der Waals surface area (Å²) >= 11 is 12.7. The summed E-state index contributed by atoms with van der Waals surface area (Å²) in [5.74, 6) is -0.0720. The fourth-order valence-corrected chi connectivity index (χ4v) is 4.14. The van der Waals surface area contributed by atoms with Gasteiger partial charge in [-0.25, -0.2) is 5.01 Å². The van der Waals surface area contributed by atoms with Crippen LogP contribution in [0.15, 0.2) is 84.0 Å². The molecule has 4 rings (SSSR count). The van der Waals surface area contributed by atoms with E-state index in [0.29, 0.717) is 16.6 Å². The van der Waals surface area contributed by atoms with E-state index in [9.17, 15) is 4.79 Å². The van der Waals surface area contributed by atoms with Gasteiger partial charge in [-0.1, -0.05) is 89.9 Å². The molecule has 3 aromatic carbocycles. The lowest BCUT2D eigenvalue weighted by Crippen LogP contribution is -2.29. The van der Waals surface area contributed by atoms with Crippen molar-refractivity contribution in [1.82, 2.24) is 9.91 Å². The van der Waals surface area contributed by atoms with Crippen LogP contribution in [0.3, 0.4) is 0 Å². The molecular weight excluding hydrogens is 417 g/mol. The van der Waals surface area contributed by atoms with Crippen LogP contribution in [-0.4, -0.2) is 28.1 Å². The Hall–Kier alpha value is -2.66. The summed E-state index contributed by atoms with van der Waals surface area (Å²) in [6.07, 6.45) is -0.416. The smallest absolute Gasteiger partial charge is 0.258 e. The zero-order valence-corrected chi connectivity index (χ0v) is 18.0. The second-order valence-electron chi connectivity index (χ2n) is 7.22. The number of hydrogen-bond donors (Lipinski definition) is 0. The van der Waals surface area contributed by atoms with Crippen LogP contribution < -0.4 is 0 Å². The summed E-state index contributed by atoms with van der Waals surface area (Å²) in [6, 6.07) is 25.2. The second-order valence-corrected chi connectivity index (χ2v) is 8.06. The molecule has 0 spiro atoms. The standard InChI is InChI=1S/C24H21Cl2N3O/c1-17(19-10-6-3-7-11-19)27-29-23(30)16-28(15-18-8-4-2-5-9-18)24(29)21-13-12-20(25)14-22(21)26/h2-14,24H,15-16H2,1H3/b27-17-/t24-/m0/s1. The SMILES string of the molecule is C/C(=N/N1C(=O)CN(Cc2ccccc2)[C@@H]1c1ccc(Cl)cc1Cl)c1ccccc1. The Morgan fingerprint density at radius 3 is 2.33 bits per heavy atom. The summed E-state index contributed by atoms with van der Waals surface area (Å²) in [6.45, 7) is 2.76. The molecule has 1 amide bonds. The molecule has 1 aliphatic heterocycles. The van der Waals surface area contributed by atoms with Crippen molar-refractivity contribution in [3.05, 3.63) is 106 Å². The Bertz CT molecular complexity index is 1070. The first-order chi connectivity index (χ1) is 14.5. The van der Waals surface area contributed by atoms with E-state index < -0.39 is 6.17 Å². The van der Waals surface area contributed by atoms with Gasteiger partial charge in [0.1, 0.15) is 6.17 Å². The van der Waals surface area contributed by atoms with Gasteiger partial charge in [0.2, 0.25) is 0 Å². The van der Waals surface area contributed by atoms with Gasteiger partial charge >= 0.3 is 0 Å². The van der Waals surface area contributed by atoms with Crippen molar-refractivity contribution in [2.75, 3.05) is 6.54 Å². The number of hydrazone groups is 1. The van der Waals surface area contributed by atoms with Gasteiger partial charge in [-0.3, -0.25) is 9.69 Å². The van der Waals surface area contributed by atoms with Crippen LogP contribution in [0.4, 0.5) is 0 Å². The molecule has 6 heteroatoms. The molecule has 0 saturated carbocycles. The zero-order valence-electron chi connectivity index (χ0n) is 16.5. The van der Waals surface area contributed by atoms with Gasteiger partial charge in [-0.2, -0.15) is 5.10 Å². The first kappa shape index (κ1) is 20.6. The van der Waals surface area contributed by atoms with Crippen LogP contribution >= 0.6 is 23.2 Å². The zero-order chi connectivity index (χ0) is 21.1. The molecule has 1 saturated heterocycles. The van der Waals surface area contributed by atoms with Crippen molar-refractivity contribution in [2.24, 2.45) is 5.10 Å². The molecule has 152 valence electrons. The summed E-state index contributed by atoms with van der Waals surface area (Å²) in [5.41, 5.74) is 3.65. The quantitative estimate of drug-likeness (QED) is 0.475. The highest BCUT2D eigenvalue weighted by Gasteiger charge is 2.40. The van der Waals surface area contributed by atoms with Crippen LogP contribution in [0.5, 0.6) is 0 Å². The van der Waals surface area contributed by atoms with Gasteiger partial charge in [-0.05, 0) is 30.2 Å². The highest BCUT2D eigenvalue weighted by atomic mass is 35.5. The predicted molar refractivity (Wildman–Crippen MR) is 122 cm³/mol. The first-order valence-electron chi connectivity index (χ1n) is 9.68. The Labute approximate surface area is 186 Å². The third-order valence-electron chi connectivity index (χ3n) is 5.09. The summed E-state index contributed by atoms with van der Waals surface area (Å²) < 4.78 is 0. The highest BCUT2D eigenvalue weighted by molar-refractivity contribution is 6.35. The lowest BCUT2D eigenvalue weighted by atomic mass is 10.1. The number of benzene rings is 3. The lowest BCUT2D eigenvalue weighted by Gasteiger charge is -2.28. The molecule has 3 aromatic rings. The van der Waals surface area contributed by atoms with Crippen LogP contribution in [0.25, 0.3) is 0 Å². The molecule has 0 N–H and O–H groups in total. The summed E-state index contributed by atoms with van der Waals surface area (Å²) in [4.78, 5) is 15.1. The predicted octanol–water partition coefficient (Wildman–Crippen LogP) is 5.76. The van der Waals surface area contributed by atoms with Gasteiger partial charge < -0.3 is 0 Å². The minimum absolute atomic E-state index is 0.0720. The normalized spacial score (nSPS) is 17.6. The maximum Gasteiger partial charge on any atom is 0.258 e. The van der Waals surface area contributed by atoms with Crippen LogP contribution in [-0.2, 0) is 11.3 Å². The maximum atomic E-state index is 13.0. The molecule has 0 bridgehead atoms. The topological polar surface area (TPSA) is 35.9 Å². The summed E-state index contributed by atoms with van der Waals surface area (Å²) in [5, 5.41) is 7.32. The molecule has 0 aliphatic carbocycles. The minimum atomic E-state index is -0.416. The number of halogens is 2. The van der Waals surface area contributed by atoms with Crippen molar-refractivity contribution in [1.29, 1.82) is 0 Å². The third-order valence-corrected chi connectivity index (χ3v) is 5.65. The van der Waals surface area contributed by atoms with E-state index in [0.717, 1.165) is 22.4 Å². The molecule has 1 heterocycles. The van der Waals surface area contributed by atoms with Crippen molar-refractivity contribution in [3.63, 3.8) is 0 Å². The van der Waals surface area contributed by atoms with Gasteiger partial charge in [0.05, 0.1) is 12.3 Å². The molecule has 0 unspecified atom stereocenters. The lowest BCUT2D eigenvalue weighted by molar-refractivity contribution is -0.128. The molecular formula is C24H21Cl2N3O. The number of carbonyl (C=O) groups is 1. The van der Waals surface area contributed by atoms with Gasteiger partial charge in [0.25, 0.3) is 5.91 Å².